The van der Waals surface area contributed by atoms with Gasteiger partial charge in [0.15, 0.2) is 0 Å². The number of fused-ring (bicyclic) bond motifs is 6. The van der Waals surface area contributed by atoms with Gasteiger partial charge in [0, 0.05) is 32.9 Å². The van der Waals surface area contributed by atoms with Crippen LogP contribution in [0.4, 0.5) is 13.2 Å². The first-order chi connectivity index (χ1) is 31.4. The first kappa shape index (κ1) is 40.2. The number of alkyl halides is 3. The average molecular weight is 851 g/mol. The van der Waals surface area contributed by atoms with Crippen molar-refractivity contribution in [3.8, 4) is 55.9 Å². The molecule has 2 heterocycles. The molecule has 5 heteroatoms. The lowest BCUT2D eigenvalue weighted by Gasteiger charge is -2.19. The molecule has 0 fully saturated rings. The van der Waals surface area contributed by atoms with Gasteiger partial charge in [-0.2, -0.15) is 13.2 Å². The van der Waals surface area contributed by atoms with Crippen molar-refractivity contribution in [2.45, 2.75) is 40.8 Å². The molecule has 0 aliphatic heterocycles. The van der Waals surface area contributed by atoms with Gasteiger partial charge in [-0.15, -0.1) is 0 Å². The molecular formula is C60H45F3N2. The monoisotopic (exact) mass is 850 g/mol. The van der Waals surface area contributed by atoms with Crippen LogP contribution in [0.1, 0.15) is 33.4 Å². The number of hydrogen-bond donors (Lipinski definition) is 0. The van der Waals surface area contributed by atoms with Crippen LogP contribution in [-0.4, -0.2) is 9.13 Å². The Morgan fingerprint density at radius 2 is 0.769 bits per heavy atom. The molecule has 2 aromatic heterocycles. The van der Waals surface area contributed by atoms with E-state index < -0.39 is 11.7 Å². The van der Waals surface area contributed by atoms with Crippen molar-refractivity contribution in [1.29, 1.82) is 0 Å². The Bertz CT molecular complexity index is 3610. The molecule has 0 saturated heterocycles. The highest BCUT2D eigenvalue weighted by atomic mass is 19.4. The smallest absolute Gasteiger partial charge is 0.309 e. The standard InChI is InChI=1S/C60H45F3N2/c1-36-10-6-14-41(28-36)44-19-25-55-51(31-44)52-32-45(42-15-7-11-37(2)29-42)20-26-56(52)64(55)48-23-24-54(60(61,62)63)50(35-48)49-34-47(22-18-39(49)4)65-57-27-21-46(43-16-8-12-38(3)30-43)33-53(57)59-40(5)13-9-17-58(59)65/h6-35H,1-5H3. The van der Waals surface area contributed by atoms with Crippen LogP contribution in [-0.2, 0) is 6.18 Å². The zero-order valence-electron chi connectivity index (χ0n) is 36.8. The van der Waals surface area contributed by atoms with Gasteiger partial charge < -0.3 is 9.13 Å². The normalized spacial score (nSPS) is 12.0. The van der Waals surface area contributed by atoms with E-state index in [1.165, 1.54) is 22.8 Å². The number of aromatic nitrogens is 2. The maximum atomic E-state index is 15.3. The van der Waals surface area contributed by atoms with E-state index in [1.807, 2.05) is 31.2 Å². The van der Waals surface area contributed by atoms with E-state index in [2.05, 4.69) is 176 Å². The van der Waals surface area contributed by atoms with Crippen LogP contribution < -0.4 is 0 Å². The molecule has 0 atom stereocenters. The topological polar surface area (TPSA) is 9.86 Å². The van der Waals surface area contributed by atoms with E-state index in [0.29, 0.717) is 11.3 Å². The van der Waals surface area contributed by atoms with Crippen LogP contribution in [0, 0.1) is 34.6 Å². The molecule has 0 spiro atoms. The predicted molar refractivity (Wildman–Crippen MR) is 266 cm³/mol. The van der Waals surface area contributed by atoms with Crippen molar-refractivity contribution in [2.75, 3.05) is 0 Å². The number of halogens is 3. The summed E-state index contributed by atoms with van der Waals surface area (Å²) in [6.07, 6.45) is -4.60. The third-order valence-electron chi connectivity index (χ3n) is 13.2. The van der Waals surface area contributed by atoms with E-state index in [4.69, 9.17) is 0 Å². The van der Waals surface area contributed by atoms with Crippen molar-refractivity contribution >= 4 is 43.6 Å². The van der Waals surface area contributed by atoms with Crippen molar-refractivity contribution in [2.24, 2.45) is 0 Å². The molecule has 0 saturated carbocycles. The van der Waals surface area contributed by atoms with Gasteiger partial charge in [0.2, 0.25) is 0 Å². The van der Waals surface area contributed by atoms with Gasteiger partial charge in [-0.25, -0.2) is 0 Å². The lowest BCUT2D eigenvalue weighted by atomic mass is 9.94. The molecule has 0 N–H and O–H groups in total. The summed E-state index contributed by atoms with van der Waals surface area (Å²) in [6, 6.07) is 61.6. The molecule has 316 valence electrons. The Morgan fingerprint density at radius 3 is 1.28 bits per heavy atom. The van der Waals surface area contributed by atoms with Crippen molar-refractivity contribution < 1.29 is 13.2 Å². The van der Waals surface area contributed by atoms with E-state index >= 15 is 13.2 Å². The molecule has 11 rings (SSSR count). The molecular weight excluding hydrogens is 806 g/mol. The van der Waals surface area contributed by atoms with Crippen LogP contribution in [0.15, 0.2) is 182 Å². The van der Waals surface area contributed by atoms with Gasteiger partial charge in [0.1, 0.15) is 0 Å². The Kier molecular flexibility index (Phi) is 9.44. The summed E-state index contributed by atoms with van der Waals surface area (Å²) in [4.78, 5) is 0. The Hall–Kier alpha value is -7.63. The fourth-order valence-corrected chi connectivity index (χ4v) is 10.0. The third kappa shape index (κ3) is 6.90. The summed E-state index contributed by atoms with van der Waals surface area (Å²) < 4.78 is 50.3. The van der Waals surface area contributed by atoms with Crippen molar-refractivity contribution in [1.82, 2.24) is 9.13 Å². The summed E-state index contributed by atoms with van der Waals surface area (Å²) >= 11 is 0. The maximum Gasteiger partial charge on any atom is 0.417 e. The van der Waals surface area contributed by atoms with E-state index in [-0.39, 0.29) is 5.56 Å². The third-order valence-corrected chi connectivity index (χ3v) is 13.2. The molecule has 11 aromatic rings. The fourth-order valence-electron chi connectivity index (χ4n) is 10.0. The highest BCUT2D eigenvalue weighted by Crippen LogP contribution is 2.44. The minimum absolute atomic E-state index is 0.135. The Balaban J connectivity index is 1.12. The first-order valence-electron chi connectivity index (χ1n) is 22.1. The van der Waals surface area contributed by atoms with E-state index in [1.54, 1.807) is 12.1 Å². The Labute approximate surface area is 376 Å². The number of benzene rings is 9. The van der Waals surface area contributed by atoms with Gasteiger partial charge in [0.05, 0.1) is 27.6 Å². The minimum Gasteiger partial charge on any atom is -0.309 e. The summed E-state index contributed by atoms with van der Waals surface area (Å²) in [5, 5.41) is 4.28. The molecule has 0 amide bonds. The zero-order chi connectivity index (χ0) is 44.7. The summed E-state index contributed by atoms with van der Waals surface area (Å²) in [5.41, 5.74) is 17.3. The molecule has 0 bridgehead atoms. The zero-order valence-corrected chi connectivity index (χ0v) is 36.8. The summed E-state index contributed by atoms with van der Waals surface area (Å²) in [6.45, 7) is 10.3. The minimum atomic E-state index is -4.60. The molecule has 0 unspecified atom stereocenters. The first-order valence-corrected chi connectivity index (χ1v) is 22.1. The number of rotatable bonds is 6. The molecule has 0 radical (unpaired) electrons. The van der Waals surface area contributed by atoms with Gasteiger partial charge >= 0.3 is 6.18 Å². The lowest BCUT2D eigenvalue weighted by Crippen LogP contribution is -2.09. The lowest BCUT2D eigenvalue weighted by molar-refractivity contribution is -0.137. The average Bonchev–Trinajstić information content (AvgIpc) is 3.81. The van der Waals surface area contributed by atoms with Crippen LogP contribution in [0.3, 0.4) is 0 Å². The van der Waals surface area contributed by atoms with Crippen LogP contribution in [0.5, 0.6) is 0 Å². The maximum absolute atomic E-state index is 15.3. The number of hydrogen-bond acceptors (Lipinski definition) is 0. The highest BCUT2D eigenvalue weighted by molar-refractivity contribution is 6.13. The van der Waals surface area contributed by atoms with Crippen LogP contribution in [0.25, 0.3) is 99.5 Å². The quantitative estimate of drug-likeness (QED) is 0.158. The van der Waals surface area contributed by atoms with Gasteiger partial charge in [-0.05, 0) is 163 Å². The predicted octanol–water partition coefficient (Wildman–Crippen LogP) is 17.1. The second-order valence-electron chi connectivity index (χ2n) is 17.7. The fraction of sp³-hybridized carbons (Fsp3) is 0.100. The molecule has 0 aliphatic carbocycles. The van der Waals surface area contributed by atoms with Crippen molar-refractivity contribution in [3.63, 3.8) is 0 Å². The second-order valence-corrected chi connectivity index (χ2v) is 17.7. The molecule has 9 aromatic carbocycles. The Morgan fingerprint density at radius 1 is 0.338 bits per heavy atom. The number of nitrogens with zero attached hydrogens (tertiary/aromatic N) is 2. The van der Waals surface area contributed by atoms with Gasteiger partial charge in [0.25, 0.3) is 0 Å². The van der Waals surface area contributed by atoms with Gasteiger partial charge in [-0.1, -0.05) is 126 Å². The summed E-state index contributed by atoms with van der Waals surface area (Å²) in [5.74, 6) is 0. The summed E-state index contributed by atoms with van der Waals surface area (Å²) in [7, 11) is 0. The van der Waals surface area contributed by atoms with Crippen LogP contribution in [0.2, 0.25) is 0 Å². The largest absolute Gasteiger partial charge is 0.417 e. The SMILES string of the molecule is Cc1cccc(-c2ccc3c(c2)c2cc(-c4cccc(C)c4)ccc2n3-c2ccc(C(F)(F)F)c(-c3cc(-n4c5ccc(-c6cccc(C)c6)cc5c5c(C)cccc54)ccc3C)c2)c1. The second kappa shape index (κ2) is 15.3. The highest BCUT2D eigenvalue weighted by Gasteiger charge is 2.34. The molecule has 0 aliphatic rings. The van der Waals surface area contributed by atoms with Crippen LogP contribution >= 0.6 is 0 Å². The van der Waals surface area contributed by atoms with Gasteiger partial charge in [-0.3, -0.25) is 0 Å². The number of aryl methyl sites for hydroxylation is 5. The van der Waals surface area contributed by atoms with E-state index in [9.17, 15) is 0 Å². The van der Waals surface area contributed by atoms with Crippen molar-refractivity contribution in [3.05, 3.63) is 215 Å². The molecule has 2 nitrogen and oxygen atoms in total. The van der Waals surface area contributed by atoms with E-state index in [0.717, 1.165) is 93.8 Å². The molecule has 65 heavy (non-hydrogen) atoms.